The van der Waals surface area contributed by atoms with Crippen LogP contribution in [0.3, 0.4) is 0 Å². The van der Waals surface area contributed by atoms with E-state index in [4.69, 9.17) is 0 Å². The topological polar surface area (TPSA) is 0 Å². The van der Waals surface area contributed by atoms with E-state index in [2.05, 4.69) is 55.4 Å². The molecular formula is C16H34. The van der Waals surface area contributed by atoms with Crippen LogP contribution in [0.25, 0.3) is 0 Å². The third kappa shape index (κ3) is 3.79. The minimum Gasteiger partial charge on any atom is -0.0654 e. The molecule has 0 aromatic rings. The fourth-order valence-electron chi connectivity index (χ4n) is 2.95. The van der Waals surface area contributed by atoms with Crippen LogP contribution in [-0.2, 0) is 0 Å². The summed E-state index contributed by atoms with van der Waals surface area (Å²) in [5.74, 6) is 0. The predicted molar refractivity (Wildman–Crippen MR) is 75.8 cm³/mol. The second kappa shape index (κ2) is 5.56. The Balaban J connectivity index is 4.90. The van der Waals surface area contributed by atoms with Gasteiger partial charge < -0.3 is 0 Å². The average Bonchev–Trinajstić information content (AvgIpc) is 2.16. The molecule has 0 aromatic carbocycles. The van der Waals surface area contributed by atoms with Crippen LogP contribution in [0.15, 0.2) is 0 Å². The van der Waals surface area contributed by atoms with Gasteiger partial charge in [-0.05, 0) is 29.1 Å². The van der Waals surface area contributed by atoms with Crippen molar-refractivity contribution in [1.82, 2.24) is 0 Å². The van der Waals surface area contributed by atoms with Crippen LogP contribution in [0.1, 0.15) is 87.5 Å². The number of rotatable bonds is 7. The molecule has 0 aliphatic rings. The quantitative estimate of drug-likeness (QED) is 0.495. The van der Waals surface area contributed by atoms with E-state index < -0.39 is 0 Å². The van der Waals surface area contributed by atoms with E-state index in [1.807, 2.05) is 0 Å². The van der Waals surface area contributed by atoms with Gasteiger partial charge in [0.1, 0.15) is 0 Å². The Morgan fingerprint density at radius 2 is 1.25 bits per heavy atom. The van der Waals surface area contributed by atoms with Gasteiger partial charge in [-0.25, -0.2) is 0 Å². The lowest BCUT2D eigenvalue weighted by molar-refractivity contribution is 0.0216. The van der Waals surface area contributed by atoms with Crippen LogP contribution in [0, 0.1) is 16.2 Å². The molecule has 1 unspecified atom stereocenters. The van der Waals surface area contributed by atoms with E-state index in [-0.39, 0.29) is 0 Å². The maximum Gasteiger partial charge on any atom is -0.0272 e. The molecule has 0 fully saturated rings. The molecular weight excluding hydrogens is 192 g/mol. The SMILES string of the molecule is CCCC(C)(C)C(C)(CC)CC(C)(C)CC. The summed E-state index contributed by atoms with van der Waals surface area (Å²) >= 11 is 0. The van der Waals surface area contributed by atoms with Crippen molar-refractivity contribution >= 4 is 0 Å². The maximum absolute atomic E-state index is 2.50. The van der Waals surface area contributed by atoms with Crippen LogP contribution in [0.4, 0.5) is 0 Å². The van der Waals surface area contributed by atoms with Gasteiger partial charge in [-0.15, -0.1) is 0 Å². The summed E-state index contributed by atoms with van der Waals surface area (Å²) in [7, 11) is 0. The summed E-state index contributed by atoms with van der Waals surface area (Å²) in [6.45, 7) is 19.3. The van der Waals surface area contributed by atoms with Crippen molar-refractivity contribution in [2.45, 2.75) is 87.5 Å². The molecule has 1 atom stereocenters. The minimum atomic E-state index is 0.461. The van der Waals surface area contributed by atoms with Gasteiger partial charge in [0.2, 0.25) is 0 Å². The molecule has 98 valence electrons. The number of hydrogen-bond donors (Lipinski definition) is 0. The van der Waals surface area contributed by atoms with Crippen LogP contribution >= 0.6 is 0 Å². The van der Waals surface area contributed by atoms with Crippen LogP contribution in [0.5, 0.6) is 0 Å². The first kappa shape index (κ1) is 16.0. The molecule has 0 N–H and O–H groups in total. The highest BCUT2D eigenvalue weighted by Crippen LogP contribution is 2.51. The maximum atomic E-state index is 2.50. The summed E-state index contributed by atoms with van der Waals surface area (Å²) in [5.41, 5.74) is 1.42. The van der Waals surface area contributed by atoms with Gasteiger partial charge in [-0.2, -0.15) is 0 Å². The van der Waals surface area contributed by atoms with E-state index in [0.717, 1.165) is 0 Å². The summed E-state index contributed by atoms with van der Waals surface area (Å²) in [6, 6.07) is 0. The van der Waals surface area contributed by atoms with Gasteiger partial charge >= 0.3 is 0 Å². The normalized spacial score (nSPS) is 17.2. The van der Waals surface area contributed by atoms with Crippen molar-refractivity contribution in [3.05, 3.63) is 0 Å². The van der Waals surface area contributed by atoms with E-state index in [1.165, 1.54) is 32.1 Å². The lowest BCUT2D eigenvalue weighted by atomic mass is 9.57. The molecule has 16 heavy (non-hydrogen) atoms. The highest BCUT2D eigenvalue weighted by Gasteiger charge is 2.41. The van der Waals surface area contributed by atoms with Crippen LogP contribution < -0.4 is 0 Å². The fourth-order valence-corrected chi connectivity index (χ4v) is 2.95. The van der Waals surface area contributed by atoms with Gasteiger partial charge in [0, 0.05) is 0 Å². The summed E-state index contributed by atoms with van der Waals surface area (Å²) in [4.78, 5) is 0. The van der Waals surface area contributed by atoms with Crippen molar-refractivity contribution in [2.24, 2.45) is 16.2 Å². The molecule has 0 heteroatoms. The van der Waals surface area contributed by atoms with E-state index in [1.54, 1.807) is 0 Å². The molecule has 0 aromatic heterocycles. The van der Waals surface area contributed by atoms with E-state index in [0.29, 0.717) is 16.2 Å². The Bertz CT molecular complexity index is 200. The Morgan fingerprint density at radius 1 is 0.750 bits per heavy atom. The highest BCUT2D eigenvalue weighted by molar-refractivity contribution is 4.91. The van der Waals surface area contributed by atoms with Gasteiger partial charge in [0.15, 0.2) is 0 Å². The second-order valence-corrected chi connectivity index (χ2v) is 7.24. The van der Waals surface area contributed by atoms with Crippen molar-refractivity contribution in [1.29, 1.82) is 0 Å². The third-order valence-electron chi connectivity index (χ3n) is 5.12. The molecule has 0 bridgehead atoms. The predicted octanol–water partition coefficient (Wildman–Crippen LogP) is 6.06. The molecule has 0 spiro atoms. The molecule has 0 aliphatic carbocycles. The van der Waals surface area contributed by atoms with E-state index >= 15 is 0 Å². The van der Waals surface area contributed by atoms with Gasteiger partial charge in [-0.3, -0.25) is 0 Å². The van der Waals surface area contributed by atoms with Crippen molar-refractivity contribution < 1.29 is 0 Å². The van der Waals surface area contributed by atoms with Crippen LogP contribution in [0.2, 0.25) is 0 Å². The smallest absolute Gasteiger partial charge is 0.0272 e. The van der Waals surface area contributed by atoms with Crippen molar-refractivity contribution in [3.63, 3.8) is 0 Å². The van der Waals surface area contributed by atoms with Gasteiger partial charge in [0.05, 0.1) is 0 Å². The Hall–Kier alpha value is 0. The molecule has 0 radical (unpaired) electrons. The van der Waals surface area contributed by atoms with Gasteiger partial charge in [0.25, 0.3) is 0 Å². The molecule has 0 nitrogen and oxygen atoms in total. The monoisotopic (exact) mass is 226 g/mol. The average molecular weight is 226 g/mol. The van der Waals surface area contributed by atoms with Crippen molar-refractivity contribution in [2.75, 3.05) is 0 Å². The summed E-state index contributed by atoms with van der Waals surface area (Å²) in [5, 5.41) is 0. The standard InChI is InChI=1S/C16H34/c1-9-12-15(6,7)16(8,11-3)13-14(4,5)10-2/h9-13H2,1-8H3. The summed E-state index contributed by atoms with van der Waals surface area (Å²) in [6.07, 6.45) is 6.57. The lowest BCUT2D eigenvalue weighted by Crippen LogP contribution is -2.38. The van der Waals surface area contributed by atoms with Crippen LogP contribution in [-0.4, -0.2) is 0 Å². The van der Waals surface area contributed by atoms with Crippen molar-refractivity contribution in [3.8, 4) is 0 Å². The van der Waals surface area contributed by atoms with E-state index in [9.17, 15) is 0 Å². The first-order valence-corrected chi connectivity index (χ1v) is 7.14. The lowest BCUT2D eigenvalue weighted by Gasteiger charge is -2.48. The highest BCUT2D eigenvalue weighted by atomic mass is 14.5. The van der Waals surface area contributed by atoms with Gasteiger partial charge in [-0.1, -0.05) is 74.7 Å². The molecule has 0 amide bonds. The molecule has 0 aliphatic heterocycles. The summed E-state index contributed by atoms with van der Waals surface area (Å²) < 4.78 is 0. The second-order valence-electron chi connectivity index (χ2n) is 7.24. The largest absolute Gasteiger partial charge is 0.0654 e. The fraction of sp³-hybridized carbons (Fsp3) is 1.00. The Labute approximate surface area is 104 Å². The molecule has 0 heterocycles. The Morgan fingerprint density at radius 3 is 1.56 bits per heavy atom. The zero-order valence-corrected chi connectivity index (χ0v) is 13.0. The first-order valence-electron chi connectivity index (χ1n) is 7.14. The first-order chi connectivity index (χ1) is 7.14. The zero-order chi connectivity index (χ0) is 13.0. The Kier molecular flexibility index (Phi) is 5.56. The minimum absolute atomic E-state index is 0.461. The third-order valence-corrected chi connectivity index (χ3v) is 5.12. The molecule has 0 saturated carbocycles. The number of hydrogen-bond acceptors (Lipinski definition) is 0. The molecule has 0 rings (SSSR count). The zero-order valence-electron chi connectivity index (χ0n) is 13.0. The molecule has 0 saturated heterocycles.